The van der Waals surface area contributed by atoms with E-state index >= 15 is 0 Å². The fourth-order valence-electron chi connectivity index (χ4n) is 0.368. The van der Waals surface area contributed by atoms with Crippen LogP contribution < -0.4 is 5.73 Å². The number of carboxylic acid groups (broad SMARTS) is 1. The van der Waals surface area contributed by atoms with Crippen molar-refractivity contribution < 1.29 is 9.90 Å². The molecule has 0 aliphatic rings. The Balaban J connectivity index is 3.27. The zero-order valence-electron chi connectivity index (χ0n) is 5.33. The summed E-state index contributed by atoms with van der Waals surface area (Å²) in [5.74, 6) is -0.1000. The number of hydrogen-bond donors (Lipinski definition) is 2. The standard InChI is InChI=1S/C5H11NO2S/c1-9-3-2-4(6)5(7)8/h4H,2-3,6H2,1H3,(H,7,8)/i6+1. The average molecular weight is 150 g/mol. The summed E-state index contributed by atoms with van der Waals surface area (Å²) < 4.78 is 0. The van der Waals surface area contributed by atoms with Gasteiger partial charge in [0.1, 0.15) is 6.04 Å². The van der Waals surface area contributed by atoms with Crippen LogP contribution in [0.15, 0.2) is 0 Å². The minimum absolute atomic E-state index is 0.552. The van der Waals surface area contributed by atoms with Crippen LogP contribution in [0.3, 0.4) is 0 Å². The van der Waals surface area contributed by atoms with Crippen LogP contribution in [0.25, 0.3) is 0 Å². The van der Waals surface area contributed by atoms with Crippen LogP contribution in [-0.2, 0) is 4.79 Å². The van der Waals surface area contributed by atoms with Gasteiger partial charge in [0.15, 0.2) is 0 Å². The molecule has 1 atom stereocenters. The fraction of sp³-hybridized carbons (Fsp3) is 0.800. The van der Waals surface area contributed by atoms with Crippen molar-refractivity contribution in [3.8, 4) is 0 Å². The molecule has 54 valence electrons. The molecule has 0 rings (SSSR count). The molecule has 0 aliphatic heterocycles. The Hall–Kier alpha value is -0.220. The summed E-state index contributed by atoms with van der Waals surface area (Å²) in [7, 11) is 0. The molecule has 0 heterocycles. The minimum atomic E-state index is -0.913. The Morgan fingerprint density at radius 1 is 1.89 bits per heavy atom. The van der Waals surface area contributed by atoms with Gasteiger partial charge in [-0.15, -0.1) is 0 Å². The fourth-order valence-corrected chi connectivity index (χ4v) is 0.858. The van der Waals surface area contributed by atoms with Crippen LogP contribution >= 0.6 is 11.8 Å². The molecule has 0 aromatic rings. The van der Waals surface area contributed by atoms with E-state index in [0.717, 1.165) is 5.75 Å². The third kappa shape index (κ3) is 4.29. The second-order valence-electron chi connectivity index (χ2n) is 1.73. The van der Waals surface area contributed by atoms with Crippen LogP contribution in [0.5, 0.6) is 0 Å². The smallest absolute Gasteiger partial charge is 0.320 e. The first-order chi connectivity index (χ1) is 4.18. The van der Waals surface area contributed by atoms with Crippen molar-refractivity contribution in [2.75, 3.05) is 12.0 Å². The highest BCUT2D eigenvalue weighted by Gasteiger charge is 2.08. The lowest BCUT2D eigenvalue weighted by molar-refractivity contribution is -0.138. The number of aliphatic carboxylic acids is 1. The van der Waals surface area contributed by atoms with E-state index in [2.05, 4.69) is 0 Å². The molecule has 0 aromatic heterocycles. The van der Waals surface area contributed by atoms with E-state index in [0.29, 0.717) is 6.42 Å². The summed E-state index contributed by atoms with van der Waals surface area (Å²) in [4.78, 5) is 10.1. The Kier molecular flexibility index (Phi) is 4.53. The molecule has 3 N–H and O–H groups in total. The number of carboxylic acids is 1. The van der Waals surface area contributed by atoms with Crippen molar-refractivity contribution in [1.82, 2.24) is 0 Å². The first-order valence-electron chi connectivity index (χ1n) is 2.65. The first kappa shape index (κ1) is 8.78. The number of carbonyl (C=O) groups is 1. The molecule has 0 aliphatic carbocycles. The average Bonchev–Trinajstić information content (AvgIpc) is 1.82. The first-order valence-corrected chi connectivity index (χ1v) is 4.05. The van der Waals surface area contributed by atoms with Gasteiger partial charge in [-0.1, -0.05) is 0 Å². The highest BCUT2D eigenvalue weighted by molar-refractivity contribution is 7.98. The monoisotopic (exact) mass is 150 g/mol. The normalized spacial score (nSPS) is 13.1. The van der Waals surface area contributed by atoms with Crippen LogP contribution in [0.2, 0.25) is 0 Å². The molecule has 9 heavy (non-hydrogen) atoms. The number of hydrogen-bond acceptors (Lipinski definition) is 3. The maximum Gasteiger partial charge on any atom is 0.320 e. The lowest BCUT2D eigenvalue weighted by Gasteiger charge is -2.02. The predicted molar refractivity (Wildman–Crippen MR) is 38.6 cm³/mol. The molecule has 0 radical (unpaired) electrons. The third-order valence-electron chi connectivity index (χ3n) is 0.950. The van der Waals surface area contributed by atoms with E-state index in [1.165, 1.54) is 0 Å². The molecule has 0 spiro atoms. The van der Waals surface area contributed by atoms with Gasteiger partial charge < -0.3 is 10.8 Å². The number of nitrogens with two attached hydrogens (primary N) is 1. The zero-order valence-corrected chi connectivity index (χ0v) is 6.15. The van der Waals surface area contributed by atoms with Crippen LogP contribution in [0, 0.1) is 0 Å². The van der Waals surface area contributed by atoms with Crippen molar-refractivity contribution in [3.63, 3.8) is 0 Å². The van der Waals surface area contributed by atoms with E-state index in [9.17, 15) is 4.79 Å². The largest absolute Gasteiger partial charge is 0.480 e. The molecule has 0 fully saturated rings. The SMILES string of the molecule is CSCCC([15NH2])C(=O)O. The molecule has 0 aromatic carbocycles. The highest BCUT2D eigenvalue weighted by Crippen LogP contribution is 1.97. The molecule has 3 nitrogen and oxygen atoms in total. The van der Waals surface area contributed by atoms with Gasteiger partial charge in [0.25, 0.3) is 0 Å². The molecule has 0 saturated heterocycles. The molecule has 0 saturated carbocycles. The van der Waals surface area contributed by atoms with Gasteiger partial charge in [-0.3, -0.25) is 4.79 Å². The summed E-state index contributed by atoms with van der Waals surface area (Å²) in [5, 5.41) is 8.27. The van der Waals surface area contributed by atoms with Gasteiger partial charge in [-0.05, 0) is 18.4 Å². The minimum Gasteiger partial charge on any atom is -0.480 e. The summed E-state index contributed by atoms with van der Waals surface area (Å²) in [5.41, 5.74) is 5.19. The maximum absolute atomic E-state index is 10.1. The summed E-state index contributed by atoms with van der Waals surface area (Å²) in [6.45, 7) is 0. The molecule has 0 bridgehead atoms. The van der Waals surface area contributed by atoms with Gasteiger partial charge in [0.05, 0.1) is 0 Å². The van der Waals surface area contributed by atoms with E-state index in [1.807, 2.05) is 6.26 Å². The van der Waals surface area contributed by atoms with E-state index in [4.69, 9.17) is 10.8 Å². The Bertz CT molecular complexity index is 97.0. The predicted octanol–water partition coefficient (Wildman–Crippen LogP) is 0.151. The number of thioether (sulfide) groups is 1. The van der Waals surface area contributed by atoms with E-state index in [-0.39, 0.29) is 0 Å². The Morgan fingerprint density at radius 3 is 2.78 bits per heavy atom. The third-order valence-corrected chi connectivity index (χ3v) is 1.59. The second-order valence-corrected chi connectivity index (χ2v) is 2.71. The highest BCUT2D eigenvalue weighted by atomic mass is 32.2. The molecular formula is C5H11NO2S. The van der Waals surface area contributed by atoms with Crippen LogP contribution in [-0.4, -0.2) is 29.1 Å². The molecular weight excluding hydrogens is 139 g/mol. The van der Waals surface area contributed by atoms with Gasteiger partial charge in [0.2, 0.25) is 0 Å². The second kappa shape index (κ2) is 4.64. The van der Waals surface area contributed by atoms with Gasteiger partial charge in [0, 0.05) is 0 Å². The molecule has 0 amide bonds. The maximum atomic E-state index is 10.1. The van der Waals surface area contributed by atoms with E-state index in [1.54, 1.807) is 11.8 Å². The number of rotatable bonds is 4. The van der Waals surface area contributed by atoms with Crippen LogP contribution in [0.1, 0.15) is 6.42 Å². The van der Waals surface area contributed by atoms with Gasteiger partial charge in [-0.25, -0.2) is 0 Å². The lowest BCUT2D eigenvalue weighted by Crippen LogP contribution is -2.30. The van der Waals surface area contributed by atoms with Crippen molar-refractivity contribution >= 4 is 17.7 Å². The molecule has 1 unspecified atom stereocenters. The zero-order chi connectivity index (χ0) is 7.28. The van der Waals surface area contributed by atoms with Crippen molar-refractivity contribution in [2.45, 2.75) is 12.5 Å². The Labute approximate surface area is 58.6 Å². The van der Waals surface area contributed by atoms with Crippen molar-refractivity contribution in [2.24, 2.45) is 5.73 Å². The lowest BCUT2D eigenvalue weighted by atomic mass is 10.3. The van der Waals surface area contributed by atoms with Crippen LogP contribution in [0.4, 0.5) is 0 Å². The molecule has 4 heteroatoms. The van der Waals surface area contributed by atoms with Crippen molar-refractivity contribution in [3.05, 3.63) is 0 Å². The summed E-state index contributed by atoms with van der Waals surface area (Å²) >= 11 is 1.60. The summed E-state index contributed by atoms with van der Waals surface area (Å²) in [6, 6.07) is -0.683. The van der Waals surface area contributed by atoms with Gasteiger partial charge in [-0.2, -0.15) is 11.8 Å². The van der Waals surface area contributed by atoms with Crippen molar-refractivity contribution in [1.29, 1.82) is 0 Å². The van der Waals surface area contributed by atoms with Gasteiger partial charge >= 0.3 is 5.97 Å². The Morgan fingerprint density at radius 2 is 2.44 bits per heavy atom. The van der Waals surface area contributed by atoms with E-state index < -0.39 is 12.0 Å². The topological polar surface area (TPSA) is 63.3 Å². The quantitative estimate of drug-likeness (QED) is 0.560. The summed E-state index contributed by atoms with van der Waals surface area (Å²) in [6.07, 6.45) is 2.48.